The van der Waals surface area contributed by atoms with E-state index in [0.29, 0.717) is 41.8 Å². The van der Waals surface area contributed by atoms with Crippen LogP contribution in [0, 0.1) is 0 Å². The van der Waals surface area contributed by atoms with Gasteiger partial charge in [0.05, 0.1) is 40.4 Å². The normalized spacial score (nSPS) is 11.9. The van der Waals surface area contributed by atoms with E-state index in [1.54, 1.807) is 28.4 Å². The molecular formula is C28H28N3O5+. The molecule has 2 amide bonds. The Hall–Kier alpha value is -4.46. The molecule has 1 aliphatic rings. The third kappa shape index (κ3) is 3.71. The lowest BCUT2D eigenvalue weighted by atomic mass is 9.90. The van der Waals surface area contributed by atoms with E-state index in [1.807, 2.05) is 42.5 Å². The second-order valence-corrected chi connectivity index (χ2v) is 8.45. The molecule has 0 unspecified atom stereocenters. The predicted octanol–water partition coefficient (Wildman–Crippen LogP) is 4.54. The van der Waals surface area contributed by atoms with Gasteiger partial charge in [0.25, 0.3) is 5.82 Å². The van der Waals surface area contributed by atoms with E-state index >= 15 is 0 Å². The van der Waals surface area contributed by atoms with Crippen LogP contribution in [0.4, 0.5) is 10.6 Å². The Labute approximate surface area is 209 Å². The standard InChI is InChI=1S/C28H27N3O5/c1-33-23-13-17-12-22-21-14-19(16-8-6-5-7-9-16)26(36-4)25(35-3)18(21)10-11-31(22)27(30-28(29)32)20(17)15-24(23)34-2/h5-9,12-15H,10-11H2,1-4H3,(H2,29,32)/p+1. The number of rotatable bonds is 6. The van der Waals surface area contributed by atoms with Crippen molar-refractivity contribution in [3.63, 3.8) is 0 Å². The number of carbonyl (C=O) groups excluding carboxylic acids is 1. The molecule has 1 aromatic heterocycles. The van der Waals surface area contributed by atoms with Crippen molar-refractivity contribution >= 4 is 22.6 Å². The Kier molecular flexibility index (Phi) is 6.01. The van der Waals surface area contributed by atoms with Gasteiger partial charge >= 0.3 is 6.03 Å². The van der Waals surface area contributed by atoms with Gasteiger partial charge in [-0.3, -0.25) is 0 Å². The molecule has 0 saturated carbocycles. The molecule has 0 aliphatic carbocycles. The fourth-order valence-electron chi connectivity index (χ4n) is 5.05. The molecule has 0 bridgehead atoms. The molecular weight excluding hydrogens is 458 g/mol. The quantitative estimate of drug-likeness (QED) is 0.390. The molecule has 0 fully saturated rings. The highest BCUT2D eigenvalue weighted by atomic mass is 16.5. The number of hydrogen-bond acceptors (Lipinski definition) is 5. The third-order valence-corrected chi connectivity index (χ3v) is 6.60. The number of methoxy groups -OCH3 is 4. The molecule has 2 heterocycles. The van der Waals surface area contributed by atoms with Crippen LogP contribution in [-0.4, -0.2) is 34.5 Å². The van der Waals surface area contributed by atoms with E-state index in [9.17, 15) is 4.79 Å². The second-order valence-electron chi connectivity index (χ2n) is 8.45. The molecule has 5 rings (SSSR count). The summed E-state index contributed by atoms with van der Waals surface area (Å²) in [6.45, 7) is 0.604. The number of anilines is 1. The number of benzene rings is 3. The van der Waals surface area contributed by atoms with Crippen LogP contribution in [0.5, 0.6) is 23.0 Å². The number of fused-ring (bicyclic) bond motifs is 4. The Balaban J connectivity index is 1.86. The molecule has 0 saturated heterocycles. The van der Waals surface area contributed by atoms with Gasteiger partial charge in [0, 0.05) is 29.2 Å². The van der Waals surface area contributed by atoms with Gasteiger partial charge in [-0.1, -0.05) is 30.3 Å². The fraction of sp³-hybridized carbons (Fsp3) is 0.214. The van der Waals surface area contributed by atoms with Crippen LogP contribution in [0.15, 0.2) is 54.6 Å². The number of nitrogens with two attached hydrogens (primary N) is 1. The number of aromatic nitrogens is 1. The van der Waals surface area contributed by atoms with E-state index in [-0.39, 0.29) is 0 Å². The van der Waals surface area contributed by atoms with E-state index in [4.69, 9.17) is 24.7 Å². The van der Waals surface area contributed by atoms with Crippen LogP contribution >= 0.6 is 0 Å². The van der Waals surface area contributed by atoms with Gasteiger partial charge in [0.15, 0.2) is 23.0 Å². The Morgan fingerprint density at radius 1 is 0.861 bits per heavy atom. The number of urea groups is 1. The lowest BCUT2D eigenvalue weighted by Gasteiger charge is -2.25. The van der Waals surface area contributed by atoms with E-state index in [2.05, 4.69) is 22.0 Å². The highest BCUT2D eigenvalue weighted by molar-refractivity contribution is 6.01. The van der Waals surface area contributed by atoms with Gasteiger partial charge in [0.2, 0.25) is 0 Å². The molecule has 0 atom stereocenters. The molecule has 3 aromatic carbocycles. The third-order valence-electron chi connectivity index (χ3n) is 6.60. The Bertz CT molecular complexity index is 1480. The number of primary amides is 1. The van der Waals surface area contributed by atoms with Crippen LogP contribution in [-0.2, 0) is 13.0 Å². The Morgan fingerprint density at radius 2 is 1.56 bits per heavy atom. The minimum Gasteiger partial charge on any atom is -0.493 e. The molecule has 184 valence electrons. The van der Waals surface area contributed by atoms with Crippen LogP contribution in [0.1, 0.15) is 5.56 Å². The molecule has 4 aromatic rings. The zero-order valence-corrected chi connectivity index (χ0v) is 20.7. The van der Waals surface area contributed by atoms with Crippen LogP contribution < -0.4 is 34.6 Å². The van der Waals surface area contributed by atoms with Gasteiger partial charge in [-0.2, -0.15) is 5.32 Å². The smallest absolute Gasteiger partial charge is 0.404 e. The lowest BCUT2D eigenvalue weighted by molar-refractivity contribution is -0.672. The number of ether oxygens (including phenoxy) is 4. The minimum atomic E-state index is -0.643. The largest absolute Gasteiger partial charge is 0.493 e. The van der Waals surface area contributed by atoms with Crippen molar-refractivity contribution in [3.8, 4) is 45.4 Å². The summed E-state index contributed by atoms with van der Waals surface area (Å²) in [6, 6.07) is 17.4. The van der Waals surface area contributed by atoms with Gasteiger partial charge in [-0.25, -0.2) is 9.36 Å². The molecule has 8 heteroatoms. The van der Waals surface area contributed by atoms with Crippen LogP contribution in [0.3, 0.4) is 0 Å². The van der Waals surface area contributed by atoms with Crippen molar-refractivity contribution in [2.75, 3.05) is 33.8 Å². The maximum absolute atomic E-state index is 12.0. The first kappa shape index (κ1) is 23.3. The van der Waals surface area contributed by atoms with Crippen molar-refractivity contribution in [2.45, 2.75) is 13.0 Å². The topological polar surface area (TPSA) is 95.9 Å². The average Bonchev–Trinajstić information content (AvgIpc) is 2.91. The molecule has 8 nitrogen and oxygen atoms in total. The van der Waals surface area contributed by atoms with Crippen LogP contribution in [0.25, 0.3) is 33.2 Å². The maximum Gasteiger partial charge on any atom is 0.404 e. The number of hydrogen-bond donors (Lipinski definition) is 2. The predicted molar refractivity (Wildman–Crippen MR) is 138 cm³/mol. The summed E-state index contributed by atoms with van der Waals surface area (Å²) in [6.07, 6.45) is 0.674. The highest BCUT2D eigenvalue weighted by Gasteiger charge is 2.32. The SMILES string of the molecule is COc1cc2cc3[n+](c(NC(N)=O)c2cc1OC)CCc1c-3cc(-c2ccccc2)c(OC)c1OC. The summed E-state index contributed by atoms with van der Waals surface area (Å²) in [5, 5.41) is 4.50. The summed E-state index contributed by atoms with van der Waals surface area (Å²) < 4.78 is 24.9. The first-order chi connectivity index (χ1) is 17.5. The summed E-state index contributed by atoms with van der Waals surface area (Å²) in [5.41, 5.74) is 10.5. The summed E-state index contributed by atoms with van der Waals surface area (Å²) >= 11 is 0. The summed E-state index contributed by atoms with van der Waals surface area (Å²) in [4.78, 5) is 12.0. The van der Waals surface area contributed by atoms with Gasteiger partial charge < -0.3 is 24.7 Å². The van der Waals surface area contributed by atoms with Crippen molar-refractivity contribution in [1.29, 1.82) is 0 Å². The fourth-order valence-corrected chi connectivity index (χ4v) is 5.05. The van der Waals surface area contributed by atoms with Crippen molar-refractivity contribution in [1.82, 2.24) is 0 Å². The number of nitrogens with one attached hydrogen (secondary N) is 1. The number of amides is 2. The van der Waals surface area contributed by atoms with Gasteiger partial charge in [-0.05, 0) is 29.1 Å². The maximum atomic E-state index is 12.0. The van der Waals surface area contributed by atoms with Gasteiger partial charge in [0.1, 0.15) is 5.69 Å². The highest BCUT2D eigenvalue weighted by Crippen LogP contribution is 2.47. The zero-order chi connectivity index (χ0) is 25.4. The monoisotopic (exact) mass is 486 g/mol. The van der Waals surface area contributed by atoms with E-state index < -0.39 is 6.03 Å². The first-order valence-corrected chi connectivity index (χ1v) is 11.5. The molecule has 0 spiro atoms. The number of pyridine rings is 1. The number of carbonyl (C=O) groups is 1. The van der Waals surface area contributed by atoms with Crippen molar-refractivity contribution in [2.24, 2.45) is 5.73 Å². The zero-order valence-electron chi connectivity index (χ0n) is 20.7. The average molecular weight is 487 g/mol. The van der Waals surface area contributed by atoms with Crippen LogP contribution in [0.2, 0.25) is 0 Å². The van der Waals surface area contributed by atoms with E-state index in [0.717, 1.165) is 38.7 Å². The van der Waals surface area contributed by atoms with Crippen molar-refractivity contribution in [3.05, 3.63) is 60.2 Å². The minimum absolute atomic E-state index is 0.562. The first-order valence-electron chi connectivity index (χ1n) is 11.5. The summed E-state index contributed by atoms with van der Waals surface area (Å²) in [5.74, 6) is 3.15. The number of nitrogens with zero attached hydrogens (tertiary/aromatic N) is 1. The lowest BCUT2D eigenvalue weighted by Crippen LogP contribution is -2.44. The molecule has 3 N–H and O–H groups in total. The summed E-state index contributed by atoms with van der Waals surface area (Å²) in [7, 11) is 6.49. The molecule has 0 radical (unpaired) electrons. The Morgan fingerprint density at radius 3 is 2.19 bits per heavy atom. The second kappa shape index (κ2) is 9.30. The van der Waals surface area contributed by atoms with E-state index in [1.165, 1.54) is 0 Å². The van der Waals surface area contributed by atoms with Gasteiger partial charge in [-0.15, -0.1) is 0 Å². The van der Waals surface area contributed by atoms with Crippen molar-refractivity contribution < 1.29 is 28.3 Å². The molecule has 36 heavy (non-hydrogen) atoms. The molecule has 1 aliphatic heterocycles.